The van der Waals surface area contributed by atoms with Gasteiger partial charge in [0.15, 0.2) is 5.11 Å². The highest BCUT2D eigenvalue weighted by Gasteiger charge is 2.18. The van der Waals surface area contributed by atoms with E-state index in [2.05, 4.69) is 53.4 Å². The zero-order valence-electron chi connectivity index (χ0n) is 15.2. The molecule has 0 saturated carbocycles. The Morgan fingerprint density at radius 3 is 2.32 bits per heavy atom. The van der Waals surface area contributed by atoms with Crippen LogP contribution in [-0.4, -0.2) is 11.0 Å². The molecule has 0 spiro atoms. The zero-order valence-corrected chi connectivity index (χ0v) is 17.6. The number of hydrogen-bond donors (Lipinski definition) is 2. The SMILES string of the molecule is Cc1ccc(NC(=S)NC(=O)c2ccc(C(C)(C)C)c(Br)c2)c(C)c1. The second kappa shape index (κ2) is 7.67. The molecule has 0 heterocycles. The van der Waals surface area contributed by atoms with Crippen LogP contribution >= 0.6 is 28.1 Å². The van der Waals surface area contributed by atoms with Crippen LogP contribution in [0, 0.1) is 13.8 Å². The maximum absolute atomic E-state index is 12.4. The maximum atomic E-state index is 12.4. The average Bonchev–Trinajstić information content (AvgIpc) is 2.48. The van der Waals surface area contributed by atoms with Crippen molar-refractivity contribution in [3.63, 3.8) is 0 Å². The van der Waals surface area contributed by atoms with Crippen molar-refractivity contribution in [2.75, 3.05) is 5.32 Å². The number of carbonyl (C=O) groups is 1. The van der Waals surface area contributed by atoms with Crippen molar-refractivity contribution in [1.29, 1.82) is 0 Å². The number of amides is 1. The topological polar surface area (TPSA) is 41.1 Å². The number of halogens is 1. The molecular formula is C20H23BrN2OS. The molecule has 25 heavy (non-hydrogen) atoms. The first-order chi connectivity index (χ1) is 11.6. The molecule has 3 nitrogen and oxygen atoms in total. The smallest absolute Gasteiger partial charge is 0.257 e. The minimum Gasteiger partial charge on any atom is -0.332 e. The van der Waals surface area contributed by atoms with Crippen LogP contribution in [0.25, 0.3) is 0 Å². The minimum absolute atomic E-state index is 0.00760. The molecule has 0 aliphatic carbocycles. The van der Waals surface area contributed by atoms with Gasteiger partial charge in [-0.05, 0) is 60.8 Å². The third kappa shape index (κ3) is 5.13. The molecular weight excluding hydrogens is 396 g/mol. The van der Waals surface area contributed by atoms with Crippen LogP contribution in [0.2, 0.25) is 0 Å². The number of carbonyl (C=O) groups excluding carboxylic acids is 1. The van der Waals surface area contributed by atoms with Crippen LogP contribution in [0.5, 0.6) is 0 Å². The molecule has 0 fully saturated rings. The second-order valence-electron chi connectivity index (χ2n) is 7.17. The van der Waals surface area contributed by atoms with Gasteiger partial charge in [0, 0.05) is 15.7 Å². The lowest BCUT2D eigenvalue weighted by molar-refractivity contribution is 0.0977. The number of benzene rings is 2. The lowest BCUT2D eigenvalue weighted by atomic mass is 9.86. The van der Waals surface area contributed by atoms with Gasteiger partial charge >= 0.3 is 0 Å². The van der Waals surface area contributed by atoms with Gasteiger partial charge in [0.05, 0.1) is 0 Å². The van der Waals surface area contributed by atoms with Crippen molar-refractivity contribution in [2.24, 2.45) is 0 Å². The number of nitrogens with one attached hydrogen (secondary N) is 2. The molecule has 2 aromatic carbocycles. The van der Waals surface area contributed by atoms with Gasteiger partial charge in [-0.15, -0.1) is 0 Å². The number of aryl methyl sites for hydroxylation is 2. The molecule has 0 aliphatic heterocycles. The van der Waals surface area contributed by atoms with E-state index in [-0.39, 0.29) is 16.4 Å². The summed E-state index contributed by atoms with van der Waals surface area (Å²) in [5, 5.41) is 6.09. The Hall–Kier alpha value is -1.72. The largest absolute Gasteiger partial charge is 0.332 e. The highest BCUT2D eigenvalue weighted by molar-refractivity contribution is 9.10. The van der Waals surface area contributed by atoms with Gasteiger partial charge in [-0.1, -0.05) is 60.5 Å². The third-order valence-corrected chi connectivity index (χ3v) is 4.76. The van der Waals surface area contributed by atoms with Crippen molar-refractivity contribution in [3.05, 3.63) is 63.1 Å². The van der Waals surface area contributed by atoms with E-state index < -0.39 is 0 Å². The molecule has 1 amide bonds. The van der Waals surface area contributed by atoms with Crippen molar-refractivity contribution >= 4 is 44.9 Å². The van der Waals surface area contributed by atoms with Gasteiger partial charge in [-0.25, -0.2) is 0 Å². The lowest BCUT2D eigenvalue weighted by Crippen LogP contribution is -2.34. The number of rotatable bonds is 2. The lowest BCUT2D eigenvalue weighted by Gasteiger charge is -2.21. The summed E-state index contributed by atoms with van der Waals surface area (Å²) in [6.45, 7) is 10.4. The van der Waals surface area contributed by atoms with Crippen LogP contribution in [0.3, 0.4) is 0 Å². The molecule has 0 unspecified atom stereocenters. The molecule has 0 bridgehead atoms. The quantitative estimate of drug-likeness (QED) is 0.633. The molecule has 0 atom stereocenters. The van der Waals surface area contributed by atoms with Crippen LogP contribution in [0.4, 0.5) is 5.69 Å². The molecule has 2 rings (SSSR count). The molecule has 0 aliphatic rings. The normalized spacial score (nSPS) is 11.1. The summed E-state index contributed by atoms with van der Waals surface area (Å²) in [7, 11) is 0. The van der Waals surface area contributed by atoms with Gasteiger partial charge in [0.1, 0.15) is 0 Å². The second-order valence-corrected chi connectivity index (χ2v) is 8.43. The fourth-order valence-electron chi connectivity index (χ4n) is 2.55. The van der Waals surface area contributed by atoms with Crippen molar-refractivity contribution in [1.82, 2.24) is 5.32 Å². The predicted molar refractivity (Wildman–Crippen MR) is 112 cm³/mol. The Labute approximate surface area is 163 Å². The fraction of sp³-hybridized carbons (Fsp3) is 0.300. The zero-order chi connectivity index (χ0) is 18.8. The summed E-state index contributed by atoms with van der Waals surface area (Å²) in [5.74, 6) is -0.233. The van der Waals surface area contributed by atoms with E-state index in [0.29, 0.717) is 5.56 Å². The molecule has 0 saturated heterocycles. The first-order valence-electron chi connectivity index (χ1n) is 8.07. The van der Waals surface area contributed by atoms with E-state index in [9.17, 15) is 4.79 Å². The van der Waals surface area contributed by atoms with Gasteiger partial charge in [-0.3, -0.25) is 10.1 Å². The number of thiocarbonyl (C=S) groups is 1. The molecule has 2 N–H and O–H groups in total. The maximum Gasteiger partial charge on any atom is 0.257 e. The molecule has 0 radical (unpaired) electrons. The fourth-order valence-corrected chi connectivity index (χ4v) is 3.72. The first kappa shape index (κ1) is 19.6. The van der Waals surface area contributed by atoms with Crippen molar-refractivity contribution in [2.45, 2.75) is 40.0 Å². The molecule has 0 aromatic heterocycles. The average molecular weight is 419 g/mol. The van der Waals surface area contributed by atoms with E-state index >= 15 is 0 Å². The Morgan fingerprint density at radius 2 is 1.76 bits per heavy atom. The van der Waals surface area contributed by atoms with Crippen molar-refractivity contribution < 1.29 is 4.79 Å². The van der Waals surface area contributed by atoms with Gasteiger partial charge in [0.2, 0.25) is 0 Å². The van der Waals surface area contributed by atoms with Gasteiger partial charge in [0.25, 0.3) is 5.91 Å². The summed E-state index contributed by atoms with van der Waals surface area (Å²) in [4.78, 5) is 12.4. The van der Waals surface area contributed by atoms with Gasteiger partial charge in [-0.2, -0.15) is 0 Å². The van der Waals surface area contributed by atoms with Crippen LogP contribution in [0.15, 0.2) is 40.9 Å². The standard InChI is InChI=1S/C20H23BrN2OS/c1-12-6-9-17(13(2)10-12)22-19(25)23-18(24)14-7-8-15(16(21)11-14)20(3,4)5/h6-11H,1-5H3,(H2,22,23,24,25). The van der Waals surface area contributed by atoms with Gasteiger partial charge < -0.3 is 5.32 Å². The summed E-state index contributed by atoms with van der Waals surface area (Å²) in [6.07, 6.45) is 0. The molecule has 2 aromatic rings. The summed E-state index contributed by atoms with van der Waals surface area (Å²) >= 11 is 8.83. The van der Waals surface area contributed by atoms with Crippen LogP contribution in [-0.2, 0) is 5.41 Å². The summed E-state index contributed by atoms with van der Waals surface area (Å²) in [5.41, 5.74) is 4.87. The summed E-state index contributed by atoms with van der Waals surface area (Å²) < 4.78 is 0.918. The predicted octanol–water partition coefficient (Wildman–Crippen LogP) is 5.49. The Kier molecular flexibility index (Phi) is 6.01. The van der Waals surface area contributed by atoms with Crippen molar-refractivity contribution in [3.8, 4) is 0 Å². The first-order valence-corrected chi connectivity index (χ1v) is 9.27. The number of hydrogen-bond acceptors (Lipinski definition) is 2. The summed E-state index contributed by atoms with van der Waals surface area (Å²) in [6, 6.07) is 11.6. The monoisotopic (exact) mass is 418 g/mol. The highest BCUT2D eigenvalue weighted by atomic mass is 79.9. The Bertz CT molecular complexity index is 825. The molecule has 5 heteroatoms. The minimum atomic E-state index is -0.233. The van der Waals surface area contributed by atoms with E-state index in [1.54, 1.807) is 0 Å². The van der Waals surface area contributed by atoms with E-state index in [4.69, 9.17) is 12.2 Å². The third-order valence-electron chi connectivity index (χ3n) is 3.90. The Morgan fingerprint density at radius 1 is 1.08 bits per heavy atom. The Balaban J connectivity index is 2.09. The van der Waals surface area contributed by atoms with E-state index in [0.717, 1.165) is 21.3 Å². The number of anilines is 1. The molecule has 132 valence electrons. The van der Waals surface area contributed by atoms with E-state index in [1.165, 1.54) is 5.56 Å². The highest BCUT2D eigenvalue weighted by Crippen LogP contribution is 2.30. The van der Waals surface area contributed by atoms with Crippen LogP contribution < -0.4 is 10.6 Å². The van der Waals surface area contributed by atoms with Crippen LogP contribution in [0.1, 0.15) is 47.8 Å². The van der Waals surface area contributed by atoms with E-state index in [1.807, 2.05) is 44.2 Å².